The van der Waals surface area contributed by atoms with Crippen molar-refractivity contribution in [3.05, 3.63) is 82.4 Å². The molecular formula is C28H32F3NO6S2. The van der Waals surface area contributed by atoms with Gasteiger partial charge in [-0.3, -0.25) is 0 Å². The summed E-state index contributed by atoms with van der Waals surface area (Å²) in [5.74, 6) is -0.319. The summed E-state index contributed by atoms with van der Waals surface area (Å²) in [7, 11) is -7.38. The topological polar surface area (TPSA) is 90.0 Å². The maximum atomic E-state index is 13.8. The van der Waals surface area contributed by atoms with Crippen LogP contribution in [-0.2, 0) is 32.9 Å². The van der Waals surface area contributed by atoms with Crippen LogP contribution in [0.25, 0.3) is 0 Å². The highest BCUT2D eigenvalue weighted by Crippen LogP contribution is 2.35. The summed E-state index contributed by atoms with van der Waals surface area (Å²) in [4.78, 5) is -0.486. The standard InChI is InChI=1S/C28H32F3NO6S2/c1-18(2)16-32(39(33,34)27-20(4)12-19(3)13-21(27)5)17-22-10-11-25(37-6)26(14-22)38-40(35,36)24-9-7-8-23(15-24)28(29,30)31/h7-15,18H,16-17H2,1-6H3. The van der Waals surface area contributed by atoms with Crippen LogP contribution in [-0.4, -0.2) is 34.8 Å². The third-order valence-electron chi connectivity index (χ3n) is 6.01. The number of sulfonamides is 1. The highest BCUT2D eigenvalue weighted by atomic mass is 32.2. The van der Waals surface area contributed by atoms with E-state index >= 15 is 0 Å². The van der Waals surface area contributed by atoms with Crippen LogP contribution in [0.15, 0.2) is 64.4 Å². The number of methoxy groups -OCH3 is 1. The van der Waals surface area contributed by atoms with Crippen molar-refractivity contribution in [2.24, 2.45) is 5.92 Å². The van der Waals surface area contributed by atoms with E-state index in [4.69, 9.17) is 8.92 Å². The summed E-state index contributed by atoms with van der Waals surface area (Å²) in [6, 6.07) is 11.1. The van der Waals surface area contributed by atoms with E-state index in [9.17, 15) is 30.0 Å². The van der Waals surface area contributed by atoms with Gasteiger partial charge in [0.15, 0.2) is 11.5 Å². The molecule has 218 valence electrons. The van der Waals surface area contributed by atoms with Gasteiger partial charge >= 0.3 is 16.3 Å². The van der Waals surface area contributed by atoms with Gasteiger partial charge in [0, 0.05) is 13.1 Å². The fraction of sp³-hybridized carbons (Fsp3) is 0.357. The molecule has 0 radical (unpaired) electrons. The summed E-state index contributed by atoms with van der Waals surface area (Å²) >= 11 is 0. The SMILES string of the molecule is COc1ccc(CN(CC(C)C)S(=O)(=O)c2c(C)cc(C)cc2C)cc1OS(=O)(=O)c1cccc(C(F)(F)F)c1. The smallest absolute Gasteiger partial charge is 0.416 e. The lowest BCUT2D eigenvalue weighted by molar-refractivity contribution is -0.137. The van der Waals surface area contributed by atoms with E-state index in [-0.39, 0.29) is 35.4 Å². The van der Waals surface area contributed by atoms with Crippen molar-refractivity contribution in [2.45, 2.75) is 57.1 Å². The molecule has 0 heterocycles. The van der Waals surface area contributed by atoms with E-state index in [1.54, 1.807) is 32.0 Å². The average Bonchev–Trinajstić information content (AvgIpc) is 2.82. The quantitative estimate of drug-likeness (QED) is 0.256. The normalized spacial score (nSPS) is 12.7. The second-order valence-corrected chi connectivity index (χ2v) is 13.4. The van der Waals surface area contributed by atoms with Crippen LogP contribution >= 0.6 is 0 Å². The van der Waals surface area contributed by atoms with Crippen LogP contribution in [0.5, 0.6) is 11.5 Å². The van der Waals surface area contributed by atoms with E-state index in [1.807, 2.05) is 20.8 Å². The van der Waals surface area contributed by atoms with Gasteiger partial charge in [-0.1, -0.05) is 43.7 Å². The first kappa shape index (κ1) is 31.4. The largest absolute Gasteiger partial charge is 0.493 e. The van der Waals surface area contributed by atoms with Crippen molar-refractivity contribution in [1.82, 2.24) is 4.31 Å². The molecule has 0 unspecified atom stereocenters. The molecule has 40 heavy (non-hydrogen) atoms. The predicted octanol–water partition coefficient (Wildman–Crippen LogP) is 6.25. The second kappa shape index (κ2) is 11.8. The Morgan fingerprint density at radius 1 is 0.875 bits per heavy atom. The number of alkyl halides is 3. The van der Waals surface area contributed by atoms with Gasteiger partial charge in [-0.2, -0.15) is 25.9 Å². The number of rotatable bonds is 10. The summed E-state index contributed by atoms with van der Waals surface area (Å²) in [6.07, 6.45) is -4.75. The number of hydrogen-bond acceptors (Lipinski definition) is 6. The van der Waals surface area contributed by atoms with Gasteiger partial charge in [-0.25, -0.2) is 8.42 Å². The van der Waals surface area contributed by atoms with Crippen LogP contribution in [0, 0.1) is 26.7 Å². The van der Waals surface area contributed by atoms with Gasteiger partial charge in [0.05, 0.1) is 17.6 Å². The van der Waals surface area contributed by atoms with Crippen molar-refractivity contribution in [1.29, 1.82) is 0 Å². The Balaban J connectivity index is 2.02. The molecule has 0 N–H and O–H groups in total. The Kier molecular flexibility index (Phi) is 9.27. The summed E-state index contributed by atoms with van der Waals surface area (Å²) in [5, 5.41) is 0. The summed E-state index contributed by atoms with van der Waals surface area (Å²) in [5.41, 5.74) is 1.40. The zero-order valence-electron chi connectivity index (χ0n) is 23.0. The van der Waals surface area contributed by atoms with Crippen LogP contribution in [0.3, 0.4) is 0 Å². The molecule has 0 aromatic heterocycles. The molecule has 0 aliphatic rings. The van der Waals surface area contributed by atoms with Crippen molar-refractivity contribution in [3.8, 4) is 11.5 Å². The maximum Gasteiger partial charge on any atom is 0.416 e. The molecule has 3 aromatic carbocycles. The lowest BCUT2D eigenvalue weighted by Crippen LogP contribution is -2.34. The molecule has 7 nitrogen and oxygen atoms in total. The van der Waals surface area contributed by atoms with Gasteiger partial charge in [0.2, 0.25) is 10.0 Å². The predicted molar refractivity (Wildman–Crippen MR) is 145 cm³/mol. The lowest BCUT2D eigenvalue weighted by atomic mass is 10.1. The Morgan fingerprint density at radius 3 is 2.05 bits per heavy atom. The Hall–Kier alpha value is -3.09. The van der Waals surface area contributed by atoms with Gasteiger partial charge < -0.3 is 8.92 Å². The van der Waals surface area contributed by atoms with Gasteiger partial charge in [0.1, 0.15) is 4.90 Å². The molecule has 0 aliphatic carbocycles. The molecule has 0 amide bonds. The molecule has 0 saturated heterocycles. The lowest BCUT2D eigenvalue weighted by Gasteiger charge is -2.26. The number of ether oxygens (including phenoxy) is 1. The summed E-state index contributed by atoms with van der Waals surface area (Å²) in [6.45, 7) is 9.17. The van der Waals surface area contributed by atoms with E-state index < -0.39 is 36.8 Å². The minimum Gasteiger partial charge on any atom is -0.493 e. The molecule has 0 bridgehead atoms. The van der Waals surface area contributed by atoms with Gasteiger partial charge in [-0.15, -0.1) is 0 Å². The highest BCUT2D eigenvalue weighted by molar-refractivity contribution is 7.89. The first-order chi connectivity index (χ1) is 18.5. The van der Waals surface area contributed by atoms with Crippen molar-refractivity contribution in [3.63, 3.8) is 0 Å². The van der Waals surface area contributed by atoms with E-state index in [0.29, 0.717) is 22.8 Å². The number of halogens is 3. The highest BCUT2D eigenvalue weighted by Gasteiger charge is 2.33. The molecule has 0 fully saturated rings. The number of aryl methyl sites for hydroxylation is 3. The molecule has 3 aromatic rings. The molecule has 0 atom stereocenters. The number of nitrogens with zero attached hydrogens (tertiary/aromatic N) is 1. The molecular weight excluding hydrogens is 567 g/mol. The third kappa shape index (κ3) is 7.15. The van der Waals surface area contributed by atoms with E-state index in [0.717, 1.165) is 23.8 Å². The number of benzene rings is 3. The monoisotopic (exact) mass is 599 g/mol. The third-order valence-corrected chi connectivity index (χ3v) is 9.36. The molecule has 3 rings (SSSR count). The Morgan fingerprint density at radius 2 is 1.50 bits per heavy atom. The molecule has 0 spiro atoms. The maximum absolute atomic E-state index is 13.8. The fourth-order valence-electron chi connectivity index (χ4n) is 4.44. The Bertz CT molecular complexity index is 1580. The summed E-state index contributed by atoms with van der Waals surface area (Å²) < 4.78 is 105. The fourth-order valence-corrected chi connectivity index (χ4v) is 7.42. The average molecular weight is 600 g/mol. The van der Waals surface area contributed by atoms with E-state index in [2.05, 4.69) is 0 Å². The van der Waals surface area contributed by atoms with Gasteiger partial charge in [-0.05, 0) is 73.7 Å². The van der Waals surface area contributed by atoms with Crippen LogP contribution in [0.1, 0.15) is 41.7 Å². The van der Waals surface area contributed by atoms with Gasteiger partial charge in [0.25, 0.3) is 0 Å². The zero-order valence-corrected chi connectivity index (χ0v) is 24.7. The van der Waals surface area contributed by atoms with Crippen molar-refractivity contribution < 1.29 is 38.9 Å². The number of hydrogen-bond donors (Lipinski definition) is 0. The minimum atomic E-state index is -4.75. The van der Waals surface area contributed by atoms with Crippen molar-refractivity contribution >= 4 is 20.1 Å². The molecule has 0 saturated carbocycles. The van der Waals surface area contributed by atoms with E-state index in [1.165, 1.54) is 23.5 Å². The van der Waals surface area contributed by atoms with Crippen LogP contribution in [0.4, 0.5) is 13.2 Å². The second-order valence-electron chi connectivity index (χ2n) is 9.97. The van der Waals surface area contributed by atoms with Crippen LogP contribution < -0.4 is 8.92 Å². The van der Waals surface area contributed by atoms with Crippen molar-refractivity contribution in [2.75, 3.05) is 13.7 Å². The molecule has 0 aliphatic heterocycles. The zero-order chi connectivity index (χ0) is 30.0. The Labute approximate surface area is 233 Å². The van der Waals surface area contributed by atoms with Crippen LogP contribution in [0.2, 0.25) is 0 Å². The molecule has 12 heteroatoms. The first-order valence-electron chi connectivity index (χ1n) is 12.3. The minimum absolute atomic E-state index is 0.00258. The first-order valence-corrected chi connectivity index (χ1v) is 15.2.